The molecule has 2 amide bonds. The Kier molecular flexibility index (Phi) is 7.28. The van der Waals surface area contributed by atoms with Crippen LogP contribution in [0.1, 0.15) is 36.0 Å². The van der Waals surface area contributed by atoms with Crippen LogP contribution in [0.4, 0.5) is 16.2 Å². The van der Waals surface area contributed by atoms with Crippen LogP contribution < -0.4 is 10.6 Å². The average Bonchev–Trinajstić information content (AvgIpc) is 2.84. The molecule has 6 nitrogen and oxygen atoms in total. The molecule has 0 spiro atoms. The van der Waals surface area contributed by atoms with Crippen LogP contribution in [0.25, 0.3) is 11.1 Å². The predicted octanol–water partition coefficient (Wildman–Crippen LogP) is 6.72. The summed E-state index contributed by atoms with van der Waals surface area (Å²) in [6, 6.07) is 21.1. The van der Waals surface area contributed by atoms with Crippen molar-refractivity contribution < 1.29 is 19.5 Å². The van der Waals surface area contributed by atoms with Crippen molar-refractivity contribution in [2.24, 2.45) is 11.8 Å². The first-order valence-electron chi connectivity index (χ1n) is 11.2. The van der Waals surface area contributed by atoms with Gasteiger partial charge in [-0.3, -0.25) is 9.59 Å². The average molecular weight is 477 g/mol. The minimum absolute atomic E-state index is 0.0936. The number of rotatable bonds is 6. The molecule has 0 aliphatic heterocycles. The van der Waals surface area contributed by atoms with Crippen molar-refractivity contribution in [2.45, 2.75) is 25.7 Å². The Morgan fingerprint density at radius 2 is 1.35 bits per heavy atom. The number of urea groups is 1. The summed E-state index contributed by atoms with van der Waals surface area (Å²) in [5.41, 5.74) is 3.62. The Labute approximate surface area is 203 Å². The number of aliphatic carboxylic acids is 1. The van der Waals surface area contributed by atoms with E-state index >= 15 is 0 Å². The molecular formula is C27H25ClN2O4. The van der Waals surface area contributed by atoms with Crippen LogP contribution in [-0.4, -0.2) is 22.9 Å². The number of anilines is 2. The maximum atomic E-state index is 12.9. The third-order valence-electron chi connectivity index (χ3n) is 6.15. The van der Waals surface area contributed by atoms with Gasteiger partial charge in [-0.05, 0) is 54.3 Å². The van der Waals surface area contributed by atoms with Crippen LogP contribution in [-0.2, 0) is 4.79 Å². The molecule has 7 heteroatoms. The summed E-state index contributed by atoms with van der Waals surface area (Å²) in [4.78, 5) is 36.7. The number of benzene rings is 3. The number of hydrogen-bond acceptors (Lipinski definition) is 3. The molecule has 0 heterocycles. The first-order valence-corrected chi connectivity index (χ1v) is 11.6. The van der Waals surface area contributed by atoms with Crippen LogP contribution in [0.5, 0.6) is 0 Å². The molecule has 4 rings (SSSR count). The highest BCUT2D eigenvalue weighted by atomic mass is 35.5. The lowest BCUT2D eigenvalue weighted by molar-refractivity contribution is -0.144. The number of carboxylic acids is 1. The summed E-state index contributed by atoms with van der Waals surface area (Å²) in [7, 11) is 0. The highest BCUT2D eigenvalue weighted by Crippen LogP contribution is 2.33. The minimum Gasteiger partial charge on any atom is -0.481 e. The summed E-state index contributed by atoms with van der Waals surface area (Å²) < 4.78 is 0. The van der Waals surface area contributed by atoms with Gasteiger partial charge in [0.1, 0.15) is 0 Å². The molecule has 1 aliphatic carbocycles. The quantitative estimate of drug-likeness (QED) is 0.344. The molecule has 0 unspecified atom stereocenters. The number of ketones is 1. The Hall–Kier alpha value is -3.64. The van der Waals surface area contributed by atoms with E-state index < -0.39 is 17.8 Å². The minimum atomic E-state index is -0.885. The number of halogens is 1. The van der Waals surface area contributed by atoms with Crippen LogP contribution in [0.2, 0.25) is 5.02 Å². The van der Waals surface area contributed by atoms with Gasteiger partial charge in [-0.25, -0.2) is 4.79 Å². The van der Waals surface area contributed by atoms with E-state index in [1.807, 2.05) is 24.3 Å². The van der Waals surface area contributed by atoms with Gasteiger partial charge < -0.3 is 15.7 Å². The second kappa shape index (κ2) is 10.5. The monoisotopic (exact) mass is 476 g/mol. The fourth-order valence-electron chi connectivity index (χ4n) is 4.39. The lowest BCUT2D eigenvalue weighted by Crippen LogP contribution is -2.32. The second-order valence-corrected chi connectivity index (χ2v) is 8.88. The summed E-state index contributed by atoms with van der Waals surface area (Å²) >= 11 is 5.94. The maximum Gasteiger partial charge on any atom is 0.323 e. The summed E-state index contributed by atoms with van der Waals surface area (Å²) in [5, 5.41) is 15.5. The lowest BCUT2D eigenvalue weighted by Gasteiger charge is -2.27. The molecule has 0 aromatic heterocycles. The number of Topliss-reactive ketones (excluding diaryl/α,β-unsaturated/α-hetero) is 1. The van der Waals surface area contributed by atoms with Crippen LogP contribution >= 0.6 is 11.6 Å². The number of carbonyl (C=O) groups excluding carboxylic acids is 2. The topological polar surface area (TPSA) is 95.5 Å². The zero-order valence-electron chi connectivity index (χ0n) is 18.5. The molecule has 174 valence electrons. The van der Waals surface area contributed by atoms with Gasteiger partial charge in [-0.1, -0.05) is 66.9 Å². The van der Waals surface area contributed by atoms with Crippen LogP contribution in [0.15, 0.2) is 72.8 Å². The fourth-order valence-corrected chi connectivity index (χ4v) is 4.58. The Bertz CT molecular complexity index is 1190. The first kappa shape index (κ1) is 23.5. The molecular weight excluding hydrogens is 452 g/mol. The molecule has 1 aliphatic rings. The molecule has 2 atom stereocenters. The molecule has 3 N–H and O–H groups in total. The number of amides is 2. The fraction of sp³-hybridized carbons (Fsp3) is 0.222. The van der Waals surface area contributed by atoms with Crippen molar-refractivity contribution in [1.82, 2.24) is 0 Å². The van der Waals surface area contributed by atoms with Crippen molar-refractivity contribution in [2.75, 3.05) is 10.6 Å². The summed E-state index contributed by atoms with van der Waals surface area (Å²) in [5.74, 6) is -2.04. The molecule has 0 bridgehead atoms. The van der Waals surface area contributed by atoms with Gasteiger partial charge in [-0.15, -0.1) is 0 Å². The van der Waals surface area contributed by atoms with Crippen molar-refractivity contribution in [3.63, 3.8) is 0 Å². The van der Waals surface area contributed by atoms with Gasteiger partial charge in [0.15, 0.2) is 5.78 Å². The zero-order valence-corrected chi connectivity index (χ0v) is 19.2. The standard InChI is InChI=1S/C27H25ClN2O4/c28-20-4-3-5-22(16-20)30-27(34)29-21-14-12-18(13-15-21)17-8-10-19(11-9-17)25(31)23-6-1-2-7-24(23)26(32)33/h3-5,8-16,23-24H,1-2,6-7H2,(H,32,33)(H2,29,30,34)/t23-,24-/m1/s1. The number of carboxylic acid groups (broad SMARTS) is 1. The van der Waals surface area contributed by atoms with E-state index in [-0.39, 0.29) is 11.8 Å². The normalized spacial score (nSPS) is 17.6. The molecule has 34 heavy (non-hydrogen) atoms. The van der Waals surface area contributed by atoms with Gasteiger partial charge in [0, 0.05) is 27.9 Å². The SMILES string of the molecule is O=C(Nc1ccc(-c2ccc(C(=O)[C@@H]3CCCC[C@H]3C(=O)O)cc2)cc1)Nc1cccc(Cl)c1. The molecule has 3 aromatic carbocycles. The van der Waals surface area contributed by atoms with E-state index in [0.717, 1.165) is 24.0 Å². The molecule has 1 saturated carbocycles. The number of carbonyl (C=O) groups is 3. The van der Waals surface area contributed by atoms with Crippen LogP contribution in [0.3, 0.4) is 0 Å². The highest BCUT2D eigenvalue weighted by molar-refractivity contribution is 6.30. The van der Waals surface area contributed by atoms with Gasteiger partial charge in [0.25, 0.3) is 0 Å². The maximum absolute atomic E-state index is 12.9. The number of hydrogen-bond donors (Lipinski definition) is 3. The van der Waals surface area contributed by atoms with Gasteiger partial charge in [0.05, 0.1) is 5.92 Å². The van der Waals surface area contributed by atoms with Gasteiger partial charge >= 0.3 is 12.0 Å². The molecule has 3 aromatic rings. The van der Waals surface area contributed by atoms with Gasteiger partial charge in [-0.2, -0.15) is 0 Å². The van der Waals surface area contributed by atoms with Crippen molar-refractivity contribution in [3.8, 4) is 11.1 Å². The van der Waals surface area contributed by atoms with Crippen molar-refractivity contribution in [3.05, 3.63) is 83.4 Å². The van der Waals surface area contributed by atoms with E-state index in [1.165, 1.54) is 0 Å². The lowest BCUT2D eigenvalue weighted by atomic mass is 9.75. The van der Waals surface area contributed by atoms with Crippen molar-refractivity contribution in [1.29, 1.82) is 0 Å². The molecule has 0 saturated heterocycles. The van der Waals surface area contributed by atoms with Crippen LogP contribution in [0, 0.1) is 11.8 Å². The van der Waals surface area contributed by atoms with E-state index in [4.69, 9.17) is 11.6 Å². The zero-order chi connectivity index (χ0) is 24.1. The largest absolute Gasteiger partial charge is 0.481 e. The molecule has 1 fully saturated rings. The van der Waals surface area contributed by atoms with E-state index in [0.29, 0.717) is 34.8 Å². The Balaban J connectivity index is 1.39. The first-order chi connectivity index (χ1) is 16.4. The summed E-state index contributed by atoms with van der Waals surface area (Å²) in [6.07, 6.45) is 2.92. The highest BCUT2D eigenvalue weighted by Gasteiger charge is 2.35. The van der Waals surface area contributed by atoms with E-state index in [9.17, 15) is 19.5 Å². The second-order valence-electron chi connectivity index (χ2n) is 8.44. The molecule has 0 radical (unpaired) electrons. The predicted molar refractivity (Wildman–Crippen MR) is 133 cm³/mol. The van der Waals surface area contributed by atoms with E-state index in [2.05, 4.69) is 10.6 Å². The number of nitrogens with one attached hydrogen (secondary N) is 2. The van der Waals surface area contributed by atoms with Crippen molar-refractivity contribution >= 4 is 40.8 Å². The third kappa shape index (κ3) is 5.64. The third-order valence-corrected chi connectivity index (χ3v) is 6.38. The Morgan fingerprint density at radius 3 is 1.97 bits per heavy atom. The smallest absolute Gasteiger partial charge is 0.323 e. The van der Waals surface area contributed by atoms with Gasteiger partial charge in [0.2, 0.25) is 0 Å². The summed E-state index contributed by atoms with van der Waals surface area (Å²) in [6.45, 7) is 0. The Morgan fingerprint density at radius 1 is 0.765 bits per heavy atom. The van der Waals surface area contributed by atoms with E-state index in [1.54, 1.807) is 48.5 Å².